The smallest absolute Gasteiger partial charge is 0.337 e. The summed E-state index contributed by atoms with van der Waals surface area (Å²) < 4.78 is 4.73. The van der Waals surface area contributed by atoms with Gasteiger partial charge in [-0.25, -0.2) is 4.79 Å². The number of carbonyl (C=O) groups is 1. The van der Waals surface area contributed by atoms with E-state index in [1.54, 1.807) is 6.07 Å². The van der Waals surface area contributed by atoms with Crippen LogP contribution in [0.15, 0.2) is 54.6 Å². The summed E-state index contributed by atoms with van der Waals surface area (Å²) in [6.45, 7) is 0. The van der Waals surface area contributed by atoms with Crippen LogP contribution in [0.2, 0.25) is 0 Å². The summed E-state index contributed by atoms with van der Waals surface area (Å²) in [6, 6.07) is 18.1. The second-order valence-corrected chi connectivity index (χ2v) is 4.53. The van der Waals surface area contributed by atoms with Gasteiger partial charge in [0.05, 0.1) is 12.7 Å². The van der Waals surface area contributed by atoms with Crippen LogP contribution in [0.25, 0.3) is 0 Å². The first kappa shape index (κ1) is 13.3. The van der Waals surface area contributed by atoms with Crippen molar-refractivity contribution in [3.05, 3.63) is 71.3 Å². The summed E-state index contributed by atoms with van der Waals surface area (Å²) in [7, 11) is 1.41. The molecule has 0 aliphatic carbocycles. The zero-order valence-electron chi connectivity index (χ0n) is 11.1. The predicted molar refractivity (Wildman–Crippen MR) is 76.2 cm³/mol. The summed E-state index contributed by atoms with van der Waals surface area (Å²) in [4.78, 5) is 11.4. The van der Waals surface area contributed by atoms with Crippen molar-refractivity contribution >= 4 is 5.97 Å². The molecule has 2 rings (SSSR count). The fourth-order valence-electron chi connectivity index (χ4n) is 2.11. The Morgan fingerprint density at radius 1 is 0.947 bits per heavy atom. The van der Waals surface area contributed by atoms with E-state index in [4.69, 9.17) is 4.74 Å². The van der Waals surface area contributed by atoms with Crippen molar-refractivity contribution in [1.82, 2.24) is 0 Å². The van der Waals surface area contributed by atoms with E-state index < -0.39 is 0 Å². The van der Waals surface area contributed by atoms with Crippen LogP contribution in [0.1, 0.15) is 27.9 Å². The SMILES string of the molecule is COC(=O)c1cccc(CCCc2ccccc2)c1. The van der Waals surface area contributed by atoms with Gasteiger partial charge in [-0.05, 0) is 42.5 Å². The third-order valence-electron chi connectivity index (χ3n) is 3.12. The second kappa shape index (κ2) is 6.74. The zero-order valence-corrected chi connectivity index (χ0v) is 11.1. The van der Waals surface area contributed by atoms with E-state index >= 15 is 0 Å². The van der Waals surface area contributed by atoms with E-state index in [0.717, 1.165) is 19.3 Å². The van der Waals surface area contributed by atoms with Crippen molar-refractivity contribution in [2.24, 2.45) is 0 Å². The standard InChI is InChI=1S/C17H18O2/c1-19-17(18)16-12-6-11-15(13-16)10-5-9-14-7-3-2-4-8-14/h2-4,6-8,11-13H,5,9-10H2,1H3. The van der Waals surface area contributed by atoms with Crippen LogP contribution in [0.3, 0.4) is 0 Å². The Hall–Kier alpha value is -2.09. The van der Waals surface area contributed by atoms with Crippen LogP contribution in [0.4, 0.5) is 0 Å². The minimum atomic E-state index is -0.273. The Balaban J connectivity index is 1.91. The first-order valence-electron chi connectivity index (χ1n) is 6.51. The minimum Gasteiger partial charge on any atom is -0.465 e. The Labute approximate surface area is 114 Å². The molecule has 2 nitrogen and oxygen atoms in total. The highest BCUT2D eigenvalue weighted by atomic mass is 16.5. The molecule has 0 heterocycles. The Kier molecular flexibility index (Phi) is 4.73. The third-order valence-corrected chi connectivity index (χ3v) is 3.12. The third kappa shape index (κ3) is 3.95. The number of hydrogen-bond donors (Lipinski definition) is 0. The summed E-state index contributed by atoms with van der Waals surface area (Å²) in [5, 5.41) is 0. The van der Waals surface area contributed by atoms with E-state index in [2.05, 4.69) is 30.3 Å². The molecule has 0 aliphatic rings. The molecule has 0 fully saturated rings. The molecule has 0 bridgehead atoms. The van der Waals surface area contributed by atoms with Crippen LogP contribution in [-0.4, -0.2) is 13.1 Å². The van der Waals surface area contributed by atoms with Crippen LogP contribution < -0.4 is 0 Å². The van der Waals surface area contributed by atoms with Gasteiger partial charge in [0.25, 0.3) is 0 Å². The molecule has 0 saturated carbocycles. The van der Waals surface area contributed by atoms with Crippen LogP contribution in [0.5, 0.6) is 0 Å². The molecule has 98 valence electrons. The molecule has 0 unspecified atom stereocenters. The molecule has 0 amide bonds. The largest absolute Gasteiger partial charge is 0.465 e. The lowest BCUT2D eigenvalue weighted by Crippen LogP contribution is -2.01. The van der Waals surface area contributed by atoms with Crippen molar-refractivity contribution in [3.8, 4) is 0 Å². The number of esters is 1. The molecule has 0 aromatic heterocycles. The highest BCUT2D eigenvalue weighted by Crippen LogP contribution is 2.11. The van der Waals surface area contributed by atoms with Gasteiger partial charge in [0.1, 0.15) is 0 Å². The summed E-state index contributed by atoms with van der Waals surface area (Å²) in [5.74, 6) is -0.273. The average Bonchev–Trinajstić information content (AvgIpc) is 2.48. The van der Waals surface area contributed by atoms with Crippen LogP contribution in [-0.2, 0) is 17.6 Å². The van der Waals surface area contributed by atoms with Gasteiger partial charge in [0, 0.05) is 0 Å². The Bertz CT molecular complexity index is 532. The van der Waals surface area contributed by atoms with Crippen molar-refractivity contribution < 1.29 is 9.53 Å². The van der Waals surface area contributed by atoms with Crippen molar-refractivity contribution in [3.63, 3.8) is 0 Å². The van der Waals surface area contributed by atoms with Gasteiger partial charge in [-0.15, -0.1) is 0 Å². The number of hydrogen-bond acceptors (Lipinski definition) is 2. The maximum atomic E-state index is 11.4. The molecule has 0 saturated heterocycles. The Morgan fingerprint density at radius 2 is 1.63 bits per heavy atom. The van der Waals surface area contributed by atoms with Crippen LogP contribution >= 0.6 is 0 Å². The maximum absolute atomic E-state index is 11.4. The number of ether oxygens (including phenoxy) is 1. The molecule has 0 radical (unpaired) electrons. The average molecular weight is 254 g/mol. The van der Waals surface area contributed by atoms with E-state index in [0.29, 0.717) is 5.56 Å². The van der Waals surface area contributed by atoms with E-state index in [1.807, 2.05) is 18.2 Å². The lowest BCUT2D eigenvalue weighted by atomic mass is 10.0. The van der Waals surface area contributed by atoms with Crippen molar-refractivity contribution in [1.29, 1.82) is 0 Å². The number of rotatable bonds is 5. The molecule has 2 aromatic carbocycles. The fraction of sp³-hybridized carbons (Fsp3) is 0.235. The number of methoxy groups -OCH3 is 1. The van der Waals surface area contributed by atoms with Crippen molar-refractivity contribution in [2.75, 3.05) is 7.11 Å². The van der Waals surface area contributed by atoms with Gasteiger partial charge in [-0.3, -0.25) is 0 Å². The molecule has 0 aliphatic heterocycles. The molecule has 2 aromatic rings. The number of carbonyl (C=O) groups excluding carboxylic acids is 1. The number of benzene rings is 2. The molecule has 0 N–H and O–H groups in total. The highest BCUT2D eigenvalue weighted by Gasteiger charge is 2.05. The normalized spacial score (nSPS) is 10.2. The quantitative estimate of drug-likeness (QED) is 0.761. The maximum Gasteiger partial charge on any atom is 0.337 e. The number of aryl methyl sites for hydroxylation is 2. The fourth-order valence-corrected chi connectivity index (χ4v) is 2.11. The van der Waals surface area contributed by atoms with Crippen LogP contribution in [0, 0.1) is 0 Å². The first-order chi connectivity index (χ1) is 9.29. The van der Waals surface area contributed by atoms with Gasteiger partial charge in [0.2, 0.25) is 0 Å². The van der Waals surface area contributed by atoms with E-state index in [1.165, 1.54) is 18.2 Å². The summed E-state index contributed by atoms with van der Waals surface area (Å²) in [5.41, 5.74) is 3.16. The lowest BCUT2D eigenvalue weighted by molar-refractivity contribution is 0.0600. The van der Waals surface area contributed by atoms with Gasteiger partial charge in [-0.1, -0.05) is 42.5 Å². The molecule has 0 spiro atoms. The highest BCUT2D eigenvalue weighted by molar-refractivity contribution is 5.89. The molecule has 0 atom stereocenters. The lowest BCUT2D eigenvalue weighted by Gasteiger charge is -2.04. The molecular weight excluding hydrogens is 236 g/mol. The second-order valence-electron chi connectivity index (χ2n) is 4.53. The summed E-state index contributed by atoms with van der Waals surface area (Å²) >= 11 is 0. The van der Waals surface area contributed by atoms with Gasteiger partial charge < -0.3 is 4.74 Å². The minimum absolute atomic E-state index is 0.273. The topological polar surface area (TPSA) is 26.3 Å². The molecule has 19 heavy (non-hydrogen) atoms. The van der Waals surface area contributed by atoms with Gasteiger partial charge >= 0.3 is 5.97 Å². The molecular formula is C17H18O2. The summed E-state index contributed by atoms with van der Waals surface area (Å²) in [6.07, 6.45) is 3.11. The zero-order chi connectivity index (χ0) is 13.5. The first-order valence-corrected chi connectivity index (χ1v) is 6.51. The van der Waals surface area contributed by atoms with Gasteiger partial charge in [-0.2, -0.15) is 0 Å². The van der Waals surface area contributed by atoms with E-state index in [-0.39, 0.29) is 5.97 Å². The Morgan fingerprint density at radius 3 is 2.37 bits per heavy atom. The van der Waals surface area contributed by atoms with Gasteiger partial charge in [0.15, 0.2) is 0 Å². The predicted octanol–water partition coefficient (Wildman–Crippen LogP) is 3.65. The monoisotopic (exact) mass is 254 g/mol. The van der Waals surface area contributed by atoms with Crippen molar-refractivity contribution in [2.45, 2.75) is 19.3 Å². The van der Waals surface area contributed by atoms with E-state index in [9.17, 15) is 4.79 Å². The molecule has 2 heteroatoms.